The van der Waals surface area contributed by atoms with Gasteiger partial charge in [-0.3, -0.25) is 4.98 Å². The smallest absolute Gasteiger partial charge is 0.256 e. The third-order valence-corrected chi connectivity index (χ3v) is 2.79. The Bertz CT molecular complexity index is 726. The van der Waals surface area contributed by atoms with Crippen molar-refractivity contribution in [2.75, 3.05) is 0 Å². The summed E-state index contributed by atoms with van der Waals surface area (Å²) < 4.78 is 39.6. The van der Waals surface area contributed by atoms with Crippen molar-refractivity contribution in [1.82, 2.24) is 14.8 Å². The Morgan fingerprint density at radius 1 is 0.947 bits per heavy atom. The van der Waals surface area contributed by atoms with E-state index in [4.69, 9.17) is 0 Å². The normalized spacial score (nSPS) is 11.9. The van der Waals surface area contributed by atoms with Crippen molar-refractivity contribution in [2.45, 2.75) is 6.18 Å². The molecule has 0 unspecified atom stereocenters. The maximum absolute atomic E-state index is 12.9. The van der Waals surface area contributed by atoms with Crippen molar-refractivity contribution in [1.29, 1.82) is 0 Å². The molecule has 0 fully saturated rings. The van der Waals surface area contributed by atoms with Crippen LogP contribution in [0.25, 0.3) is 16.6 Å². The molecule has 19 heavy (non-hydrogen) atoms. The van der Waals surface area contributed by atoms with E-state index in [0.717, 1.165) is 16.9 Å². The van der Waals surface area contributed by atoms with Gasteiger partial charge < -0.3 is 0 Å². The minimum Gasteiger partial charge on any atom is -0.256 e. The first-order valence-electron chi connectivity index (χ1n) is 5.53. The highest BCUT2D eigenvalue weighted by molar-refractivity contribution is 5.86. The molecule has 0 saturated carbocycles. The SMILES string of the molecule is FC(F)(F)c1ccnn1-c1ccnc2ccccc12. The molecule has 0 bridgehead atoms. The monoisotopic (exact) mass is 263 g/mol. The average Bonchev–Trinajstić information content (AvgIpc) is 2.87. The molecule has 1 aromatic carbocycles. The van der Waals surface area contributed by atoms with E-state index in [1.54, 1.807) is 24.3 Å². The number of alkyl halides is 3. The minimum absolute atomic E-state index is 0.364. The quantitative estimate of drug-likeness (QED) is 0.673. The summed E-state index contributed by atoms with van der Waals surface area (Å²) in [7, 11) is 0. The molecule has 3 nitrogen and oxygen atoms in total. The molecule has 0 radical (unpaired) electrons. The predicted octanol–water partition coefficient (Wildman–Crippen LogP) is 3.44. The van der Waals surface area contributed by atoms with Crippen LogP contribution in [0.4, 0.5) is 13.2 Å². The van der Waals surface area contributed by atoms with E-state index < -0.39 is 11.9 Å². The van der Waals surface area contributed by atoms with Crippen LogP contribution in [0, 0.1) is 0 Å². The number of pyridine rings is 1. The first-order valence-corrected chi connectivity index (χ1v) is 5.53. The molecule has 0 spiro atoms. The highest BCUT2D eigenvalue weighted by Crippen LogP contribution is 2.31. The molecule has 2 heterocycles. The molecule has 2 aromatic heterocycles. The summed E-state index contributed by atoms with van der Waals surface area (Å²) in [5.41, 5.74) is 0.190. The van der Waals surface area contributed by atoms with Crippen molar-refractivity contribution in [2.24, 2.45) is 0 Å². The summed E-state index contributed by atoms with van der Waals surface area (Å²) >= 11 is 0. The summed E-state index contributed by atoms with van der Waals surface area (Å²) in [4.78, 5) is 4.12. The van der Waals surface area contributed by atoms with Crippen molar-refractivity contribution in [3.05, 3.63) is 54.5 Å². The van der Waals surface area contributed by atoms with E-state index in [0.29, 0.717) is 16.6 Å². The Balaban J connectivity index is 2.29. The molecule has 3 aromatic rings. The van der Waals surface area contributed by atoms with E-state index in [1.165, 1.54) is 12.3 Å². The fourth-order valence-electron chi connectivity index (χ4n) is 1.98. The standard InChI is InChI=1S/C13H8F3N3/c14-13(15,16)12-6-8-18-19(12)11-5-7-17-10-4-2-1-3-9(10)11/h1-8H. The van der Waals surface area contributed by atoms with Crippen LogP contribution in [0.3, 0.4) is 0 Å². The van der Waals surface area contributed by atoms with Crippen LogP contribution in [0.2, 0.25) is 0 Å². The minimum atomic E-state index is -4.44. The second-order valence-electron chi connectivity index (χ2n) is 3.97. The summed E-state index contributed by atoms with van der Waals surface area (Å²) in [6.07, 6.45) is -1.83. The van der Waals surface area contributed by atoms with Crippen molar-refractivity contribution < 1.29 is 13.2 Å². The zero-order valence-corrected chi connectivity index (χ0v) is 9.59. The van der Waals surface area contributed by atoms with Gasteiger partial charge in [0.25, 0.3) is 0 Å². The Morgan fingerprint density at radius 2 is 1.74 bits per heavy atom. The highest BCUT2D eigenvalue weighted by atomic mass is 19.4. The lowest BCUT2D eigenvalue weighted by Crippen LogP contribution is -2.13. The van der Waals surface area contributed by atoms with Crippen LogP contribution >= 0.6 is 0 Å². The first-order chi connectivity index (χ1) is 9.07. The number of fused-ring (bicyclic) bond motifs is 1. The number of rotatable bonds is 1. The van der Waals surface area contributed by atoms with Crippen LogP contribution < -0.4 is 0 Å². The third kappa shape index (κ3) is 1.95. The maximum Gasteiger partial charge on any atom is 0.433 e. The second-order valence-corrected chi connectivity index (χ2v) is 3.97. The topological polar surface area (TPSA) is 30.7 Å². The first kappa shape index (κ1) is 11.7. The zero-order chi connectivity index (χ0) is 13.5. The average molecular weight is 263 g/mol. The molecule has 0 N–H and O–H groups in total. The molecule has 0 atom stereocenters. The molecule has 0 saturated heterocycles. The second kappa shape index (κ2) is 4.08. The van der Waals surface area contributed by atoms with Crippen LogP contribution in [0.5, 0.6) is 0 Å². The van der Waals surface area contributed by atoms with E-state index in [2.05, 4.69) is 10.1 Å². The lowest BCUT2D eigenvalue weighted by Gasteiger charge is -2.12. The molecule has 0 amide bonds. The molecule has 3 rings (SSSR count). The van der Waals surface area contributed by atoms with Gasteiger partial charge in [0.05, 0.1) is 17.4 Å². The molecule has 0 aliphatic rings. The molecule has 0 aliphatic heterocycles. The number of benzene rings is 1. The van der Waals surface area contributed by atoms with Crippen molar-refractivity contribution in [3.63, 3.8) is 0 Å². The Morgan fingerprint density at radius 3 is 2.53 bits per heavy atom. The summed E-state index contributed by atoms with van der Waals surface area (Å²) in [5, 5.41) is 4.40. The molecule has 0 aliphatic carbocycles. The van der Waals surface area contributed by atoms with Crippen LogP contribution in [0.15, 0.2) is 48.8 Å². The molecule has 6 heteroatoms. The molecular weight excluding hydrogens is 255 g/mol. The summed E-state index contributed by atoms with van der Waals surface area (Å²) in [6.45, 7) is 0. The zero-order valence-electron chi connectivity index (χ0n) is 9.59. The van der Waals surface area contributed by atoms with Gasteiger partial charge in [-0.15, -0.1) is 0 Å². The van der Waals surface area contributed by atoms with E-state index in [1.807, 2.05) is 0 Å². The van der Waals surface area contributed by atoms with Crippen LogP contribution in [-0.4, -0.2) is 14.8 Å². The Kier molecular flexibility index (Phi) is 2.51. The maximum atomic E-state index is 12.9. The van der Waals surface area contributed by atoms with Gasteiger partial charge in [-0.25, -0.2) is 4.68 Å². The number of hydrogen-bond donors (Lipinski definition) is 0. The third-order valence-electron chi connectivity index (χ3n) is 2.79. The van der Waals surface area contributed by atoms with Gasteiger partial charge in [-0.2, -0.15) is 18.3 Å². The molecular formula is C13H8F3N3. The Hall–Kier alpha value is -2.37. The van der Waals surface area contributed by atoms with Crippen molar-refractivity contribution >= 4 is 10.9 Å². The van der Waals surface area contributed by atoms with Gasteiger partial charge in [0.2, 0.25) is 0 Å². The molecule has 96 valence electrons. The number of aromatic nitrogens is 3. The van der Waals surface area contributed by atoms with Gasteiger partial charge in [-0.05, 0) is 18.2 Å². The Labute approximate surface area is 106 Å². The summed E-state index contributed by atoms with van der Waals surface area (Å²) in [5.74, 6) is 0. The number of para-hydroxylation sites is 1. The van der Waals surface area contributed by atoms with Crippen LogP contribution in [0.1, 0.15) is 5.69 Å². The fraction of sp³-hybridized carbons (Fsp3) is 0.0769. The van der Waals surface area contributed by atoms with Gasteiger partial charge in [0.15, 0.2) is 0 Å². The van der Waals surface area contributed by atoms with Gasteiger partial charge >= 0.3 is 6.18 Å². The lowest BCUT2D eigenvalue weighted by atomic mass is 10.2. The number of nitrogens with zero attached hydrogens (tertiary/aromatic N) is 3. The predicted molar refractivity (Wildman–Crippen MR) is 63.9 cm³/mol. The van der Waals surface area contributed by atoms with Gasteiger partial charge in [-0.1, -0.05) is 18.2 Å². The lowest BCUT2D eigenvalue weighted by molar-refractivity contribution is -0.142. The van der Waals surface area contributed by atoms with Gasteiger partial charge in [0, 0.05) is 11.6 Å². The number of hydrogen-bond acceptors (Lipinski definition) is 2. The van der Waals surface area contributed by atoms with E-state index in [-0.39, 0.29) is 0 Å². The van der Waals surface area contributed by atoms with Gasteiger partial charge in [0.1, 0.15) is 5.69 Å². The highest BCUT2D eigenvalue weighted by Gasteiger charge is 2.35. The van der Waals surface area contributed by atoms with Crippen LogP contribution in [-0.2, 0) is 6.18 Å². The largest absolute Gasteiger partial charge is 0.433 e. The fourth-order valence-corrected chi connectivity index (χ4v) is 1.98. The summed E-state index contributed by atoms with van der Waals surface area (Å²) in [6, 6.07) is 9.48. The number of halogens is 3. The van der Waals surface area contributed by atoms with E-state index >= 15 is 0 Å². The van der Waals surface area contributed by atoms with E-state index in [9.17, 15) is 13.2 Å². The van der Waals surface area contributed by atoms with Crippen molar-refractivity contribution in [3.8, 4) is 5.69 Å².